The van der Waals surface area contributed by atoms with Crippen molar-refractivity contribution in [3.63, 3.8) is 0 Å². The van der Waals surface area contributed by atoms with Gasteiger partial charge in [-0.2, -0.15) is 0 Å². The number of nitrogens with one attached hydrogen (secondary N) is 1. The van der Waals surface area contributed by atoms with E-state index in [4.69, 9.17) is 9.72 Å². The lowest BCUT2D eigenvalue weighted by molar-refractivity contribution is -0.125. The van der Waals surface area contributed by atoms with Gasteiger partial charge in [0.05, 0.1) is 6.10 Å². The Morgan fingerprint density at radius 3 is 2.92 bits per heavy atom. The molecule has 1 aromatic heterocycles. The number of anilines is 1. The number of aryl methyl sites for hydroxylation is 1. The fraction of sp³-hybridized carbons (Fsp3) is 0.750. The van der Waals surface area contributed by atoms with Gasteiger partial charge >= 0.3 is 0 Å². The van der Waals surface area contributed by atoms with Crippen molar-refractivity contribution in [1.29, 1.82) is 0 Å². The molecule has 1 amide bonds. The molecule has 1 aromatic rings. The largest absolute Gasteiger partial charge is 0.376 e. The fourth-order valence-electron chi connectivity index (χ4n) is 4.25. The van der Waals surface area contributed by atoms with Gasteiger partial charge in [0.2, 0.25) is 11.9 Å². The van der Waals surface area contributed by atoms with Crippen LogP contribution in [-0.2, 0) is 22.4 Å². The molecule has 6 heteroatoms. The Balaban J connectivity index is 1.34. The van der Waals surface area contributed by atoms with Gasteiger partial charge in [-0.1, -0.05) is 6.92 Å². The maximum atomic E-state index is 12.5. The third kappa shape index (κ3) is 4.00. The van der Waals surface area contributed by atoms with Crippen molar-refractivity contribution >= 4 is 11.9 Å². The molecule has 2 fully saturated rings. The van der Waals surface area contributed by atoms with Crippen molar-refractivity contribution in [2.45, 2.75) is 58.0 Å². The molecule has 1 aliphatic carbocycles. The van der Waals surface area contributed by atoms with Crippen LogP contribution in [0.5, 0.6) is 0 Å². The standard InChI is InChI=1S/C20H30N4O2/c1-14-6-8-24(9-7-14)20-22-12-16-11-15(4-5-18(16)23-20)19(25)21-13-17-3-2-10-26-17/h12,14-15,17H,2-11,13H2,1H3,(H,21,25). The van der Waals surface area contributed by atoms with E-state index < -0.39 is 0 Å². The van der Waals surface area contributed by atoms with Crippen molar-refractivity contribution in [2.24, 2.45) is 11.8 Å². The van der Waals surface area contributed by atoms with Gasteiger partial charge in [0.25, 0.3) is 0 Å². The summed E-state index contributed by atoms with van der Waals surface area (Å²) in [6.45, 7) is 5.88. The Kier molecular flexibility index (Phi) is 5.38. The molecular weight excluding hydrogens is 328 g/mol. The van der Waals surface area contributed by atoms with Gasteiger partial charge in [0.1, 0.15) is 0 Å². The molecule has 1 N–H and O–H groups in total. The van der Waals surface area contributed by atoms with Crippen LogP contribution in [-0.4, -0.2) is 48.2 Å². The summed E-state index contributed by atoms with van der Waals surface area (Å²) in [4.78, 5) is 24.2. The molecule has 0 spiro atoms. The molecule has 2 unspecified atom stereocenters. The number of amides is 1. The summed E-state index contributed by atoms with van der Waals surface area (Å²) in [5.41, 5.74) is 2.28. The second kappa shape index (κ2) is 7.91. The van der Waals surface area contributed by atoms with Gasteiger partial charge in [-0.05, 0) is 56.4 Å². The zero-order valence-corrected chi connectivity index (χ0v) is 15.7. The number of nitrogens with zero attached hydrogens (tertiary/aromatic N) is 3. The summed E-state index contributed by atoms with van der Waals surface area (Å²) in [6.07, 6.45) is 9.24. The van der Waals surface area contributed by atoms with Crippen LogP contribution in [0.3, 0.4) is 0 Å². The van der Waals surface area contributed by atoms with E-state index in [9.17, 15) is 4.79 Å². The van der Waals surface area contributed by atoms with Crippen molar-refractivity contribution in [2.75, 3.05) is 31.1 Å². The van der Waals surface area contributed by atoms with Crippen molar-refractivity contribution in [3.05, 3.63) is 17.5 Å². The highest BCUT2D eigenvalue weighted by atomic mass is 16.5. The minimum absolute atomic E-state index is 0.0363. The van der Waals surface area contributed by atoms with E-state index in [1.54, 1.807) is 0 Å². The number of hydrogen-bond acceptors (Lipinski definition) is 5. The molecule has 0 saturated carbocycles. The molecule has 4 rings (SSSR count). The maximum absolute atomic E-state index is 12.5. The van der Waals surface area contributed by atoms with Gasteiger partial charge < -0.3 is 15.0 Å². The number of hydrogen-bond donors (Lipinski definition) is 1. The summed E-state index contributed by atoms with van der Waals surface area (Å²) in [5.74, 6) is 1.86. The Morgan fingerprint density at radius 1 is 1.31 bits per heavy atom. The lowest BCUT2D eigenvalue weighted by atomic mass is 9.86. The summed E-state index contributed by atoms with van der Waals surface area (Å²) < 4.78 is 5.58. The zero-order chi connectivity index (χ0) is 17.9. The molecule has 142 valence electrons. The molecule has 3 aliphatic rings. The summed E-state index contributed by atoms with van der Waals surface area (Å²) in [5, 5.41) is 3.08. The van der Waals surface area contributed by atoms with Crippen LogP contribution < -0.4 is 10.2 Å². The minimum atomic E-state index is 0.0363. The average molecular weight is 358 g/mol. The predicted molar refractivity (Wildman–Crippen MR) is 100 cm³/mol. The highest BCUT2D eigenvalue weighted by Gasteiger charge is 2.28. The normalized spacial score (nSPS) is 26.6. The predicted octanol–water partition coefficient (Wildman–Crippen LogP) is 2.11. The Bertz CT molecular complexity index is 637. The number of carbonyl (C=O) groups is 1. The molecule has 3 heterocycles. The van der Waals surface area contributed by atoms with Crippen molar-refractivity contribution in [3.8, 4) is 0 Å². The summed E-state index contributed by atoms with van der Waals surface area (Å²) in [6, 6.07) is 0. The maximum Gasteiger partial charge on any atom is 0.225 e. The Morgan fingerprint density at radius 2 is 2.15 bits per heavy atom. The highest BCUT2D eigenvalue weighted by Crippen LogP contribution is 2.27. The van der Waals surface area contributed by atoms with Crippen LogP contribution in [0.2, 0.25) is 0 Å². The van der Waals surface area contributed by atoms with E-state index in [1.165, 1.54) is 12.8 Å². The number of rotatable bonds is 4. The minimum Gasteiger partial charge on any atom is -0.376 e. The van der Waals surface area contributed by atoms with E-state index in [1.807, 2.05) is 6.20 Å². The first kappa shape index (κ1) is 17.7. The van der Waals surface area contributed by atoms with Crippen molar-refractivity contribution in [1.82, 2.24) is 15.3 Å². The quantitative estimate of drug-likeness (QED) is 0.893. The van der Waals surface area contributed by atoms with Gasteiger partial charge in [-0.3, -0.25) is 4.79 Å². The van der Waals surface area contributed by atoms with Gasteiger partial charge in [-0.25, -0.2) is 9.97 Å². The average Bonchev–Trinajstić information content (AvgIpc) is 3.19. The first-order chi connectivity index (χ1) is 12.7. The first-order valence-electron chi connectivity index (χ1n) is 10.2. The molecule has 2 atom stereocenters. The Hall–Kier alpha value is -1.69. The van der Waals surface area contributed by atoms with Gasteiger partial charge in [0, 0.05) is 44.0 Å². The molecule has 0 aromatic carbocycles. The highest BCUT2D eigenvalue weighted by molar-refractivity contribution is 5.79. The topological polar surface area (TPSA) is 67.4 Å². The zero-order valence-electron chi connectivity index (χ0n) is 15.7. The molecule has 2 saturated heterocycles. The van der Waals surface area contributed by atoms with E-state index in [2.05, 4.69) is 22.1 Å². The van der Waals surface area contributed by atoms with E-state index in [0.717, 1.165) is 74.9 Å². The van der Waals surface area contributed by atoms with Crippen LogP contribution in [0.4, 0.5) is 5.95 Å². The van der Waals surface area contributed by atoms with Crippen LogP contribution in [0.1, 0.15) is 50.3 Å². The second-order valence-corrected chi connectivity index (χ2v) is 8.13. The third-order valence-electron chi connectivity index (χ3n) is 6.10. The van der Waals surface area contributed by atoms with Crippen LogP contribution in [0.15, 0.2) is 6.20 Å². The summed E-state index contributed by atoms with van der Waals surface area (Å²) in [7, 11) is 0. The SMILES string of the molecule is CC1CCN(c2ncc3c(n2)CCC(C(=O)NCC2CCCO2)C3)CC1. The van der Waals surface area contributed by atoms with E-state index >= 15 is 0 Å². The number of piperidine rings is 1. The lowest BCUT2D eigenvalue weighted by Crippen LogP contribution is -2.38. The van der Waals surface area contributed by atoms with Gasteiger partial charge in [-0.15, -0.1) is 0 Å². The van der Waals surface area contributed by atoms with Crippen LogP contribution >= 0.6 is 0 Å². The molecule has 0 radical (unpaired) electrons. The van der Waals surface area contributed by atoms with Gasteiger partial charge in [0.15, 0.2) is 0 Å². The smallest absolute Gasteiger partial charge is 0.225 e. The first-order valence-corrected chi connectivity index (χ1v) is 10.2. The van der Waals surface area contributed by atoms with Crippen LogP contribution in [0.25, 0.3) is 0 Å². The number of aromatic nitrogens is 2. The molecule has 6 nitrogen and oxygen atoms in total. The molecule has 2 aliphatic heterocycles. The van der Waals surface area contributed by atoms with Crippen molar-refractivity contribution < 1.29 is 9.53 Å². The second-order valence-electron chi connectivity index (χ2n) is 8.13. The number of fused-ring (bicyclic) bond motifs is 1. The Labute approximate surface area is 155 Å². The lowest BCUT2D eigenvalue weighted by Gasteiger charge is -2.31. The number of carbonyl (C=O) groups excluding carboxylic acids is 1. The number of ether oxygens (including phenoxy) is 1. The third-order valence-corrected chi connectivity index (χ3v) is 6.10. The molecule has 0 bridgehead atoms. The van der Waals surface area contributed by atoms with E-state index in [0.29, 0.717) is 6.54 Å². The molecular formula is C20H30N4O2. The monoisotopic (exact) mass is 358 g/mol. The summed E-state index contributed by atoms with van der Waals surface area (Å²) >= 11 is 0. The molecule has 26 heavy (non-hydrogen) atoms. The van der Waals surface area contributed by atoms with Crippen LogP contribution in [0, 0.1) is 11.8 Å². The van der Waals surface area contributed by atoms with E-state index in [-0.39, 0.29) is 17.9 Å². The fourth-order valence-corrected chi connectivity index (χ4v) is 4.25.